The number of aromatic nitrogens is 2. The van der Waals surface area contributed by atoms with Gasteiger partial charge in [-0.05, 0) is 44.4 Å². The molecule has 0 aliphatic carbocycles. The third-order valence-electron chi connectivity index (χ3n) is 4.93. The minimum Gasteiger partial charge on any atom is -0.273 e. The molecule has 1 aromatic heterocycles. The quantitative estimate of drug-likeness (QED) is 0.629. The van der Waals surface area contributed by atoms with Crippen molar-refractivity contribution in [2.75, 3.05) is 4.90 Å². The lowest BCUT2D eigenvalue weighted by atomic mass is 9.81. The van der Waals surface area contributed by atoms with Crippen LogP contribution in [0.2, 0.25) is 0 Å². The lowest BCUT2D eigenvalue weighted by Crippen LogP contribution is -2.40. The van der Waals surface area contributed by atoms with Gasteiger partial charge in [-0.3, -0.25) is 9.69 Å². The fraction of sp³-hybridized carbons (Fsp3) is 0.300. The van der Waals surface area contributed by atoms with Gasteiger partial charge in [-0.25, -0.2) is 15.0 Å². The Balaban J connectivity index is 2.18. The summed E-state index contributed by atoms with van der Waals surface area (Å²) in [5, 5.41) is 0. The number of benzene rings is 1. The zero-order valence-corrected chi connectivity index (χ0v) is 15.1. The Kier molecular flexibility index (Phi) is 4.25. The number of amides is 1. The van der Waals surface area contributed by atoms with Gasteiger partial charge in [0.2, 0.25) is 5.91 Å². The van der Waals surface area contributed by atoms with Crippen molar-refractivity contribution in [2.45, 2.75) is 39.5 Å². The first-order valence-electron chi connectivity index (χ1n) is 8.35. The molecular weight excluding hydrogens is 312 g/mol. The minimum absolute atomic E-state index is 0.0467. The molecule has 5 heteroatoms. The molecule has 2 heterocycles. The van der Waals surface area contributed by atoms with Gasteiger partial charge in [-0.1, -0.05) is 25.6 Å². The van der Waals surface area contributed by atoms with E-state index >= 15 is 0 Å². The number of carbonyl (C=O) groups is 1. The number of amidine groups is 1. The van der Waals surface area contributed by atoms with E-state index in [1.165, 1.54) is 6.20 Å². The lowest BCUT2D eigenvalue weighted by molar-refractivity contribution is -0.121. The molecule has 0 radical (unpaired) electrons. The van der Waals surface area contributed by atoms with Crippen LogP contribution < -0.4 is 4.90 Å². The molecule has 1 unspecified atom stereocenters. The Morgan fingerprint density at radius 3 is 2.60 bits per heavy atom. The van der Waals surface area contributed by atoms with Gasteiger partial charge in [-0.15, -0.1) is 0 Å². The van der Waals surface area contributed by atoms with Crippen molar-refractivity contribution in [2.24, 2.45) is 4.99 Å². The zero-order chi connectivity index (χ0) is 18.2. The van der Waals surface area contributed by atoms with Crippen molar-refractivity contribution in [1.82, 2.24) is 9.97 Å². The highest BCUT2D eigenvalue weighted by Gasteiger charge is 2.47. The third-order valence-corrected chi connectivity index (χ3v) is 4.93. The molecule has 0 saturated carbocycles. The number of carbonyl (C=O) groups excluding carboxylic acids is 1. The number of fused-ring (bicyclic) bond motifs is 1. The van der Waals surface area contributed by atoms with E-state index in [1.54, 1.807) is 17.3 Å². The number of aliphatic imine (C=N–C) groups is 1. The van der Waals surface area contributed by atoms with Crippen LogP contribution in [0.25, 0.3) is 11.1 Å². The van der Waals surface area contributed by atoms with E-state index in [-0.39, 0.29) is 5.91 Å². The summed E-state index contributed by atoms with van der Waals surface area (Å²) >= 11 is 0. The number of anilines is 1. The second-order valence-electron chi connectivity index (χ2n) is 6.44. The van der Waals surface area contributed by atoms with Crippen molar-refractivity contribution in [1.29, 1.82) is 0 Å². The van der Waals surface area contributed by atoms with Crippen molar-refractivity contribution in [3.05, 3.63) is 54.8 Å². The molecule has 128 valence electrons. The fourth-order valence-corrected chi connectivity index (χ4v) is 3.23. The molecule has 0 bridgehead atoms. The van der Waals surface area contributed by atoms with Crippen LogP contribution in [0.5, 0.6) is 0 Å². The minimum atomic E-state index is -0.546. The van der Waals surface area contributed by atoms with Crippen molar-refractivity contribution >= 4 is 17.4 Å². The summed E-state index contributed by atoms with van der Waals surface area (Å²) in [4.78, 5) is 27.6. The molecule has 1 aliphatic rings. The summed E-state index contributed by atoms with van der Waals surface area (Å²) in [6.45, 7) is 11.3. The summed E-state index contributed by atoms with van der Waals surface area (Å²) in [6, 6.07) is 6.08. The highest BCUT2D eigenvalue weighted by Crippen LogP contribution is 2.45. The monoisotopic (exact) mass is 334 g/mol. The molecule has 0 spiro atoms. The molecule has 0 fully saturated rings. The fourth-order valence-electron chi connectivity index (χ4n) is 3.23. The second-order valence-corrected chi connectivity index (χ2v) is 6.44. The predicted octanol–water partition coefficient (Wildman–Crippen LogP) is 4.03. The van der Waals surface area contributed by atoms with Gasteiger partial charge in [-0.2, -0.15) is 0 Å². The van der Waals surface area contributed by atoms with E-state index in [4.69, 9.17) is 0 Å². The Morgan fingerprint density at radius 1 is 1.32 bits per heavy atom. The molecule has 1 aliphatic heterocycles. The summed E-state index contributed by atoms with van der Waals surface area (Å²) in [5.41, 5.74) is 3.24. The number of nitrogens with zero attached hydrogens (tertiary/aromatic N) is 4. The van der Waals surface area contributed by atoms with Crippen LogP contribution in [0.4, 0.5) is 5.69 Å². The van der Waals surface area contributed by atoms with E-state index in [9.17, 15) is 4.79 Å². The molecule has 5 nitrogen and oxygen atoms in total. The number of aryl methyl sites for hydroxylation is 1. The standard InChI is InChI=1S/C20H22N4O/c1-6-20(5)17-9-8-15(16-11-22-13(3)23-12-16)10-18(17)24(19(20)25)14(4)21-7-2/h7-12H,2,6H2,1,3-5H3/b21-14+. The van der Waals surface area contributed by atoms with Gasteiger partial charge in [0, 0.05) is 24.2 Å². The summed E-state index contributed by atoms with van der Waals surface area (Å²) in [7, 11) is 0. The maximum absolute atomic E-state index is 13.1. The lowest BCUT2D eigenvalue weighted by Gasteiger charge is -2.22. The SMILES string of the molecule is C=C/N=C(\C)N1C(=O)C(C)(CC)c2ccc(-c3cnc(C)nc3)cc21. The Labute approximate surface area is 148 Å². The van der Waals surface area contributed by atoms with E-state index in [0.717, 1.165) is 34.6 Å². The third kappa shape index (κ3) is 2.65. The Bertz CT molecular complexity index is 870. The van der Waals surface area contributed by atoms with Crippen LogP contribution >= 0.6 is 0 Å². The second kappa shape index (κ2) is 6.24. The van der Waals surface area contributed by atoms with Crippen LogP contribution in [0, 0.1) is 6.92 Å². The van der Waals surface area contributed by atoms with E-state index in [2.05, 4.69) is 21.5 Å². The van der Waals surface area contributed by atoms with Crippen molar-refractivity contribution < 1.29 is 4.79 Å². The Morgan fingerprint density at radius 2 is 2.00 bits per heavy atom. The molecule has 1 aromatic carbocycles. The molecular formula is C20H22N4O. The van der Waals surface area contributed by atoms with Crippen LogP contribution in [0.1, 0.15) is 38.6 Å². The largest absolute Gasteiger partial charge is 0.273 e. The Hall–Kier alpha value is -2.82. The number of hydrogen-bond donors (Lipinski definition) is 0. The summed E-state index contributed by atoms with van der Waals surface area (Å²) in [6.07, 6.45) is 5.79. The van der Waals surface area contributed by atoms with Crippen LogP contribution in [0.3, 0.4) is 0 Å². The normalized spacial score (nSPS) is 19.9. The molecule has 3 rings (SSSR count). The number of rotatable bonds is 3. The molecule has 1 atom stereocenters. The van der Waals surface area contributed by atoms with Gasteiger partial charge in [0.15, 0.2) is 0 Å². The van der Waals surface area contributed by atoms with Gasteiger partial charge >= 0.3 is 0 Å². The average molecular weight is 334 g/mol. The van der Waals surface area contributed by atoms with Crippen molar-refractivity contribution in [3.63, 3.8) is 0 Å². The molecule has 25 heavy (non-hydrogen) atoms. The molecule has 0 N–H and O–H groups in total. The molecule has 2 aromatic rings. The highest BCUT2D eigenvalue weighted by molar-refractivity contribution is 6.24. The van der Waals surface area contributed by atoms with Crippen LogP contribution in [0.15, 0.2) is 48.4 Å². The first-order chi connectivity index (χ1) is 11.9. The number of hydrogen-bond acceptors (Lipinski definition) is 4. The predicted molar refractivity (Wildman–Crippen MR) is 101 cm³/mol. The maximum Gasteiger partial charge on any atom is 0.242 e. The smallest absolute Gasteiger partial charge is 0.242 e. The molecule has 0 saturated heterocycles. The van der Waals surface area contributed by atoms with Crippen LogP contribution in [-0.4, -0.2) is 21.7 Å². The van der Waals surface area contributed by atoms with E-state index in [1.807, 2.05) is 45.9 Å². The summed E-state index contributed by atoms with van der Waals surface area (Å²) in [5.74, 6) is 1.40. The van der Waals surface area contributed by atoms with Gasteiger partial charge in [0.25, 0.3) is 0 Å². The maximum atomic E-state index is 13.1. The van der Waals surface area contributed by atoms with Crippen molar-refractivity contribution in [3.8, 4) is 11.1 Å². The topological polar surface area (TPSA) is 58.5 Å². The summed E-state index contributed by atoms with van der Waals surface area (Å²) < 4.78 is 0. The highest BCUT2D eigenvalue weighted by atomic mass is 16.2. The van der Waals surface area contributed by atoms with Gasteiger partial charge in [0.1, 0.15) is 11.7 Å². The average Bonchev–Trinajstić information content (AvgIpc) is 2.83. The van der Waals surface area contributed by atoms with Gasteiger partial charge in [0.05, 0.1) is 11.1 Å². The first kappa shape index (κ1) is 17.0. The van der Waals surface area contributed by atoms with Crippen LogP contribution in [-0.2, 0) is 10.2 Å². The zero-order valence-electron chi connectivity index (χ0n) is 15.1. The van der Waals surface area contributed by atoms with E-state index in [0.29, 0.717) is 5.84 Å². The first-order valence-corrected chi connectivity index (χ1v) is 8.35. The molecule has 1 amide bonds. The van der Waals surface area contributed by atoms with E-state index < -0.39 is 5.41 Å². The van der Waals surface area contributed by atoms with Gasteiger partial charge < -0.3 is 0 Å².